The largest absolute Gasteiger partial charge is 0.394 e. The van der Waals surface area contributed by atoms with Gasteiger partial charge >= 0.3 is 0 Å². The molecule has 5 N–H and O–H groups in total. The molecule has 1 aliphatic carbocycles. The van der Waals surface area contributed by atoms with Gasteiger partial charge in [0.15, 0.2) is 0 Å². The van der Waals surface area contributed by atoms with E-state index in [-0.39, 0.29) is 18.1 Å². The molecule has 0 unspecified atom stereocenters. The third-order valence-electron chi connectivity index (χ3n) is 2.65. The van der Waals surface area contributed by atoms with Gasteiger partial charge in [-0.05, 0) is 19.8 Å². The Kier molecular flexibility index (Phi) is 2.82. The number of rotatable bonds is 5. The van der Waals surface area contributed by atoms with Crippen LogP contribution in [0.5, 0.6) is 0 Å². The van der Waals surface area contributed by atoms with Gasteiger partial charge in [0, 0.05) is 12.6 Å². The van der Waals surface area contributed by atoms with Crippen LogP contribution in [-0.2, 0) is 0 Å². The maximum atomic E-state index is 9.21. The number of anilines is 3. The summed E-state index contributed by atoms with van der Waals surface area (Å²) in [5, 5.41) is 15.5. The second kappa shape index (κ2) is 4.13. The zero-order chi connectivity index (χ0) is 11.6. The smallest absolute Gasteiger partial charge is 0.223 e. The molecule has 1 saturated carbocycles. The number of aromatic nitrogens is 2. The van der Waals surface area contributed by atoms with Crippen molar-refractivity contribution in [1.82, 2.24) is 9.97 Å². The highest BCUT2D eigenvalue weighted by molar-refractivity contribution is 5.53. The molecule has 0 aliphatic heterocycles. The Labute approximate surface area is 94.3 Å². The van der Waals surface area contributed by atoms with Gasteiger partial charge in [0.1, 0.15) is 11.6 Å². The highest BCUT2D eigenvalue weighted by Crippen LogP contribution is 2.38. The Hall–Kier alpha value is -1.56. The second-order valence-corrected chi connectivity index (χ2v) is 4.09. The van der Waals surface area contributed by atoms with Crippen molar-refractivity contribution in [3.63, 3.8) is 0 Å². The first-order valence-corrected chi connectivity index (χ1v) is 5.45. The SMILES string of the molecule is CCNc1cc(NC2(CO)CC2)nc(N)n1. The zero-order valence-electron chi connectivity index (χ0n) is 9.32. The Morgan fingerprint density at radius 2 is 2.12 bits per heavy atom. The minimum atomic E-state index is -0.190. The van der Waals surface area contributed by atoms with E-state index in [2.05, 4.69) is 20.6 Å². The van der Waals surface area contributed by atoms with Gasteiger partial charge in [-0.1, -0.05) is 0 Å². The summed E-state index contributed by atoms with van der Waals surface area (Å²) in [6.07, 6.45) is 1.92. The van der Waals surface area contributed by atoms with Gasteiger partial charge in [-0.2, -0.15) is 9.97 Å². The average molecular weight is 223 g/mol. The van der Waals surface area contributed by atoms with E-state index >= 15 is 0 Å². The summed E-state index contributed by atoms with van der Waals surface area (Å²) < 4.78 is 0. The molecule has 0 radical (unpaired) electrons. The molecule has 1 aromatic rings. The van der Waals surface area contributed by atoms with Crippen LogP contribution < -0.4 is 16.4 Å². The monoisotopic (exact) mass is 223 g/mol. The molecule has 0 aromatic carbocycles. The van der Waals surface area contributed by atoms with E-state index in [1.807, 2.05) is 6.92 Å². The number of aliphatic hydroxyl groups excluding tert-OH is 1. The maximum Gasteiger partial charge on any atom is 0.223 e. The van der Waals surface area contributed by atoms with Crippen LogP contribution in [0.3, 0.4) is 0 Å². The number of nitrogens with zero attached hydrogens (tertiary/aromatic N) is 2. The van der Waals surface area contributed by atoms with Gasteiger partial charge in [0.2, 0.25) is 5.95 Å². The van der Waals surface area contributed by atoms with E-state index < -0.39 is 0 Å². The maximum absolute atomic E-state index is 9.21. The van der Waals surface area contributed by atoms with E-state index in [0.717, 1.165) is 19.4 Å². The molecule has 0 bridgehead atoms. The molecule has 0 atom stereocenters. The molecule has 1 heterocycles. The fourth-order valence-electron chi connectivity index (χ4n) is 1.55. The number of nitrogen functional groups attached to an aromatic ring is 1. The highest BCUT2D eigenvalue weighted by atomic mass is 16.3. The standard InChI is InChI=1S/C10H17N5O/c1-2-12-7-5-8(14-9(11)13-7)15-10(6-16)3-4-10/h5,16H,2-4,6H2,1H3,(H4,11,12,13,14,15). The van der Waals surface area contributed by atoms with Crippen LogP contribution in [-0.4, -0.2) is 33.8 Å². The molecule has 0 spiro atoms. The van der Waals surface area contributed by atoms with E-state index in [9.17, 15) is 5.11 Å². The van der Waals surface area contributed by atoms with Crippen molar-refractivity contribution in [2.45, 2.75) is 25.3 Å². The molecule has 1 fully saturated rings. The van der Waals surface area contributed by atoms with Crippen LogP contribution in [0.15, 0.2) is 6.07 Å². The Bertz CT molecular complexity index is 377. The first kappa shape index (κ1) is 10.9. The number of nitrogens with two attached hydrogens (primary N) is 1. The van der Waals surface area contributed by atoms with Crippen LogP contribution >= 0.6 is 0 Å². The van der Waals surface area contributed by atoms with Gasteiger partial charge in [-0.25, -0.2) is 0 Å². The first-order chi connectivity index (χ1) is 7.67. The van der Waals surface area contributed by atoms with Crippen LogP contribution in [0.4, 0.5) is 17.6 Å². The van der Waals surface area contributed by atoms with Crippen molar-refractivity contribution in [2.24, 2.45) is 0 Å². The molecule has 88 valence electrons. The Balaban J connectivity index is 2.14. The van der Waals surface area contributed by atoms with Crippen LogP contribution in [0.25, 0.3) is 0 Å². The zero-order valence-corrected chi connectivity index (χ0v) is 9.32. The minimum Gasteiger partial charge on any atom is -0.394 e. The number of aliphatic hydroxyl groups is 1. The van der Waals surface area contributed by atoms with E-state index in [4.69, 9.17) is 5.73 Å². The van der Waals surface area contributed by atoms with Gasteiger partial charge in [0.05, 0.1) is 12.1 Å². The summed E-state index contributed by atoms with van der Waals surface area (Å²) in [6, 6.07) is 1.80. The lowest BCUT2D eigenvalue weighted by Gasteiger charge is -2.15. The summed E-state index contributed by atoms with van der Waals surface area (Å²) in [7, 11) is 0. The summed E-state index contributed by atoms with van der Waals surface area (Å²) in [4.78, 5) is 8.15. The van der Waals surface area contributed by atoms with Crippen molar-refractivity contribution in [2.75, 3.05) is 29.5 Å². The molecular weight excluding hydrogens is 206 g/mol. The quantitative estimate of drug-likeness (QED) is 0.578. The molecule has 16 heavy (non-hydrogen) atoms. The summed E-state index contributed by atoms with van der Waals surface area (Å²) in [5.74, 6) is 1.59. The van der Waals surface area contributed by atoms with Crippen LogP contribution in [0.2, 0.25) is 0 Å². The Morgan fingerprint density at radius 1 is 1.44 bits per heavy atom. The fourth-order valence-corrected chi connectivity index (χ4v) is 1.55. The van der Waals surface area contributed by atoms with Crippen LogP contribution in [0.1, 0.15) is 19.8 Å². The van der Waals surface area contributed by atoms with Crippen molar-refractivity contribution in [3.8, 4) is 0 Å². The molecule has 0 saturated heterocycles. The predicted octanol–water partition coefficient (Wildman–Crippen LogP) is 0.427. The van der Waals surface area contributed by atoms with Gasteiger partial charge in [0.25, 0.3) is 0 Å². The number of hydrogen-bond acceptors (Lipinski definition) is 6. The Morgan fingerprint density at radius 3 is 2.69 bits per heavy atom. The summed E-state index contributed by atoms with van der Waals surface area (Å²) in [5.41, 5.74) is 5.42. The van der Waals surface area contributed by atoms with E-state index in [1.54, 1.807) is 6.07 Å². The van der Waals surface area contributed by atoms with Gasteiger partial charge in [-0.15, -0.1) is 0 Å². The van der Waals surface area contributed by atoms with E-state index in [0.29, 0.717) is 11.6 Å². The summed E-state index contributed by atoms with van der Waals surface area (Å²) in [6.45, 7) is 2.88. The number of hydrogen-bond donors (Lipinski definition) is 4. The van der Waals surface area contributed by atoms with Crippen molar-refractivity contribution >= 4 is 17.6 Å². The molecule has 2 rings (SSSR count). The topological polar surface area (TPSA) is 96.1 Å². The van der Waals surface area contributed by atoms with Crippen molar-refractivity contribution in [3.05, 3.63) is 6.07 Å². The number of nitrogens with one attached hydrogen (secondary N) is 2. The van der Waals surface area contributed by atoms with Gasteiger partial charge in [-0.3, -0.25) is 0 Å². The van der Waals surface area contributed by atoms with E-state index in [1.165, 1.54) is 0 Å². The highest BCUT2D eigenvalue weighted by Gasteiger charge is 2.42. The lowest BCUT2D eigenvalue weighted by atomic mass is 10.3. The van der Waals surface area contributed by atoms with Crippen LogP contribution in [0, 0.1) is 0 Å². The molecule has 6 heteroatoms. The molecule has 1 aromatic heterocycles. The molecular formula is C10H17N5O. The van der Waals surface area contributed by atoms with Crippen molar-refractivity contribution < 1.29 is 5.11 Å². The molecule has 6 nitrogen and oxygen atoms in total. The predicted molar refractivity (Wildman–Crippen MR) is 63.3 cm³/mol. The van der Waals surface area contributed by atoms with Crippen molar-refractivity contribution in [1.29, 1.82) is 0 Å². The molecule has 0 amide bonds. The second-order valence-electron chi connectivity index (χ2n) is 4.09. The normalized spacial score (nSPS) is 16.9. The molecule has 1 aliphatic rings. The minimum absolute atomic E-state index is 0.118. The fraction of sp³-hybridized carbons (Fsp3) is 0.600. The lowest BCUT2D eigenvalue weighted by Crippen LogP contribution is -2.26. The van der Waals surface area contributed by atoms with Gasteiger partial charge < -0.3 is 21.5 Å². The average Bonchev–Trinajstić information content (AvgIpc) is 2.98. The third kappa shape index (κ3) is 2.33. The lowest BCUT2D eigenvalue weighted by molar-refractivity contribution is 0.266. The summed E-state index contributed by atoms with van der Waals surface area (Å²) >= 11 is 0. The third-order valence-corrected chi connectivity index (χ3v) is 2.65. The first-order valence-electron chi connectivity index (χ1n) is 5.45.